The van der Waals surface area contributed by atoms with Crippen molar-refractivity contribution in [2.45, 2.75) is 6.42 Å². The lowest BCUT2D eigenvalue weighted by atomic mass is 10.1. The fraction of sp³-hybridized carbons (Fsp3) is 0.200. The van der Waals surface area contributed by atoms with Crippen molar-refractivity contribution >= 4 is 22.5 Å². The Kier molecular flexibility index (Phi) is 4.06. The Balaban J connectivity index is 1.73. The van der Waals surface area contributed by atoms with Gasteiger partial charge in [0.15, 0.2) is 0 Å². The molecular formula is C20H19FN4. The molecule has 0 radical (unpaired) electrons. The molecule has 4 rings (SSSR count). The van der Waals surface area contributed by atoms with E-state index in [9.17, 15) is 4.39 Å². The summed E-state index contributed by atoms with van der Waals surface area (Å²) in [6, 6.07) is 18.2. The monoisotopic (exact) mass is 334 g/mol. The van der Waals surface area contributed by atoms with E-state index in [0.717, 1.165) is 28.0 Å². The Bertz CT molecular complexity index is 1020. The Morgan fingerprint density at radius 3 is 2.80 bits per heavy atom. The van der Waals surface area contributed by atoms with Crippen molar-refractivity contribution < 1.29 is 4.39 Å². The second kappa shape index (κ2) is 6.51. The number of rotatable bonds is 5. The van der Waals surface area contributed by atoms with Crippen molar-refractivity contribution in [1.82, 2.24) is 14.4 Å². The zero-order chi connectivity index (χ0) is 17.2. The molecule has 0 aliphatic heterocycles. The van der Waals surface area contributed by atoms with Crippen molar-refractivity contribution in [3.8, 4) is 11.3 Å². The third kappa shape index (κ3) is 2.93. The van der Waals surface area contributed by atoms with Gasteiger partial charge in [-0.2, -0.15) is 0 Å². The van der Waals surface area contributed by atoms with Crippen molar-refractivity contribution in [3.63, 3.8) is 0 Å². The number of benzene rings is 2. The molecule has 25 heavy (non-hydrogen) atoms. The Morgan fingerprint density at radius 1 is 1.04 bits per heavy atom. The molecule has 2 aromatic heterocycles. The van der Waals surface area contributed by atoms with Crippen LogP contribution in [0.25, 0.3) is 28.1 Å². The lowest BCUT2D eigenvalue weighted by molar-refractivity contribution is 0.474. The van der Waals surface area contributed by atoms with Crippen LogP contribution < -0.4 is 4.90 Å². The van der Waals surface area contributed by atoms with Gasteiger partial charge in [-0.25, -0.2) is 9.97 Å². The van der Waals surface area contributed by atoms with Gasteiger partial charge < -0.3 is 4.90 Å². The summed E-state index contributed by atoms with van der Waals surface area (Å²) in [7, 11) is 1.98. The van der Waals surface area contributed by atoms with Gasteiger partial charge in [0.2, 0.25) is 5.78 Å². The Morgan fingerprint density at radius 2 is 1.92 bits per heavy atom. The maximum absolute atomic E-state index is 12.4. The number of hydrogen-bond acceptors (Lipinski definition) is 3. The number of aromatic nitrogens is 3. The zero-order valence-corrected chi connectivity index (χ0v) is 14.1. The van der Waals surface area contributed by atoms with Crippen LogP contribution in [0.5, 0.6) is 0 Å². The van der Waals surface area contributed by atoms with Crippen LogP contribution in [0.1, 0.15) is 6.42 Å². The molecule has 126 valence electrons. The van der Waals surface area contributed by atoms with Crippen LogP contribution in [0, 0.1) is 0 Å². The summed E-state index contributed by atoms with van der Waals surface area (Å²) in [6.07, 6.45) is 2.54. The summed E-state index contributed by atoms with van der Waals surface area (Å²) in [4.78, 5) is 11.4. The Hall–Kier alpha value is -2.95. The predicted molar refractivity (Wildman–Crippen MR) is 99.8 cm³/mol. The van der Waals surface area contributed by atoms with Gasteiger partial charge in [-0.1, -0.05) is 24.3 Å². The van der Waals surface area contributed by atoms with Gasteiger partial charge in [-0.3, -0.25) is 8.79 Å². The van der Waals surface area contributed by atoms with Crippen LogP contribution in [-0.4, -0.2) is 34.6 Å². The minimum absolute atomic E-state index is 0.296. The van der Waals surface area contributed by atoms with E-state index in [4.69, 9.17) is 4.98 Å². The van der Waals surface area contributed by atoms with E-state index < -0.39 is 0 Å². The fourth-order valence-electron chi connectivity index (χ4n) is 3.04. The maximum atomic E-state index is 12.4. The van der Waals surface area contributed by atoms with Gasteiger partial charge in [0.1, 0.15) is 0 Å². The van der Waals surface area contributed by atoms with Crippen molar-refractivity contribution in [2.75, 3.05) is 25.2 Å². The van der Waals surface area contributed by atoms with Crippen molar-refractivity contribution in [1.29, 1.82) is 0 Å². The van der Waals surface area contributed by atoms with Crippen LogP contribution in [0.15, 0.2) is 60.8 Å². The highest BCUT2D eigenvalue weighted by atomic mass is 19.1. The predicted octanol–water partition coefficient (Wildman–Crippen LogP) is 4.35. The molecule has 4 nitrogen and oxygen atoms in total. The van der Waals surface area contributed by atoms with Gasteiger partial charge in [0.05, 0.1) is 23.4 Å². The first-order valence-electron chi connectivity index (χ1n) is 8.37. The van der Waals surface area contributed by atoms with E-state index in [1.165, 1.54) is 0 Å². The molecule has 0 fully saturated rings. The quantitative estimate of drug-likeness (QED) is 0.544. The van der Waals surface area contributed by atoms with E-state index in [0.29, 0.717) is 18.7 Å². The van der Waals surface area contributed by atoms with Crippen LogP contribution >= 0.6 is 0 Å². The summed E-state index contributed by atoms with van der Waals surface area (Å²) in [5.74, 6) is 0.690. The molecule has 0 saturated heterocycles. The number of nitrogens with zero attached hydrogens (tertiary/aromatic N) is 4. The number of para-hydroxylation sites is 2. The molecule has 0 aliphatic rings. The first-order valence-corrected chi connectivity index (χ1v) is 8.37. The number of alkyl halides is 1. The smallest absolute Gasteiger partial charge is 0.235 e. The van der Waals surface area contributed by atoms with Gasteiger partial charge in [0, 0.05) is 31.0 Å². The highest BCUT2D eigenvalue weighted by molar-refractivity contribution is 5.80. The second-order valence-corrected chi connectivity index (χ2v) is 6.10. The number of hydrogen-bond donors (Lipinski definition) is 0. The lowest BCUT2D eigenvalue weighted by Crippen LogP contribution is -2.18. The van der Waals surface area contributed by atoms with Crippen LogP contribution in [-0.2, 0) is 0 Å². The van der Waals surface area contributed by atoms with E-state index in [-0.39, 0.29) is 6.67 Å². The molecule has 5 heteroatoms. The normalized spacial score (nSPS) is 11.3. The molecule has 0 atom stereocenters. The second-order valence-electron chi connectivity index (χ2n) is 6.10. The third-order valence-corrected chi connectivity index (χ3v) is 4.39. The average Bonchev–Trinajstić information content (AvgIpc) is 3.04. The fourth-order valence-corrected chi connectivity index (χ4v) is 3.04. The highest BCUT2D eigenvalue weighted by Crippen LogP contribution is 2.24. The maximum Gasteiger partial charge on any atom is 0.235 e. The molecular weight excluding hydrogens is 315 g/mol. The van der Waals surface area contributed by atoms with E-state index >= 15 is 0 Å². The standard InChI is InChI=1S/C20H19FN4/c1-24(12-5-11-21)16-7-4-6-15(14-16)17-10-13-25-19-9-3-2-8-18(19)23-20(25)22-17/h2-4,6-10,13-14H,5,11-12H2,1H3. The number of imidazole rings is 1. The number of fused-ring (bicyclic) bond motifs is 3. The zero-order valence-electron chi connectivity index (χ0n) is 14.1. The molecule has 0 amide bonds. The minimum Gasteiger partial charge on any atom is -0.374 e. The van der Waals surface area contributed by atoms with E-state index in [1.54, 1.807) is 0 Å². The van der Waals surface area contributed by atoms with Crippen LogP contribution in [0.4, 0.5) is 10.1 Å². The lowest BCUT2D eigenvalue weighted by Gasteiger charge is -2.19. The summed E-state index contributed by atoms with van der Waals surface area (Å²) in [5, 5.41) is 0. The molecule has 0 aliphatic carbocycles. The molecule has 0 saturated carbocycles. The number of anilines is 1. The largest absolute Gasteiger partial charge is 0.374 e. The van der Waals surface area contributed by atoms with E-state index in [1.807, 2.05) is 66.2 Å². The van der Waals surface area contributed by atoms with Crippen molar-refractivity contribution in [3.05, 3.63) is 60.8 Å². The highest BCUT2D eigenvalue weighted by Gasteiger charge is 2.08. The van der Waals surface area contributed by atoms with E-state index in [2.05, 4.69) is 16.0 Å². The average molecular weight is 334 g/mol. The summed E-state index contributed by atoms with van der Waals surface area (Å²) in [6.45, 7) is 0.397. The molecule has 0 spiro atoms. The summed E-state index contributed by atoms with van der Waals surface area (Å²) in [5.41, 5.74) is 4.95. The topological polar surface area (TPSA) is 33.4 Å². The van der Waals surface area contributed by atoms with Crippen LogP contribution in [0.3, 0.4) is 0 Å². The molecule has 2 aromatic carbocycles. The molecule has 0 N–H and O–H groups in total. The SMILES string of the molecule is CN(CCCF)c1cccc(-c2ccn3c(n2)nc2ccccc23)c1. The van der Waals surface area contributed by atoms with Gasteiger partial charge in [0.25, 0.3) is 0 Å². The van der Waals surface area contributed by atoms with Gasteiger partial charge in [-0.15, -0.1) is 0 Å². The number of halogens is 1. The molecule has 4 aromatic rings. The van der Waals surface area contributed by atoms with Crippen molar-refractivity contribution in [2.24, 2.45) is 0 Å². The minimum atomic E-state index is -0.296. The first kappa shape index (κ1) is 15.6. The molecule has 0 bridgehead atoms. The molecule has 0 unspecified atom stereocenters. The summed E-state index contributed by atoms with van der Waals surface area (Å²) < 4.78 is 14.4. The third-order valence-electron chi connectivity index (χ3n) is 4.39. The Labute approximate surface area is 145 Å². The van der Waals surface area contributed by atoms with Crippen LogP contribution in [0.2, 0.25) is 0 Å². The molecule has 2 heterocycles. The summed E-state index contributed by atoms with van der Waals surface area (Å²) >= 11 is 0. The van der Waals surface area contributed by atoms with Gasteiger partial charge >= 0.3 is 0 Å². The first-order chi connectivity index (χ1) is 12.3. The van der Waals surface area contributed by atoms with Gasteiger partial charge in [-0.05, 0) is 36.8 Å².